The van der Waals surface area contributed by atoms with E-state index in [2.05, 4.69) is 31.8 Å². The second-order valence-electron chi connectivity index (χ2n) is 7.36. The van der Waals surface area contributed by atoms with E-state index in [9.17, 15) is 9.59 Å². The van der Waals surface area contributed by atoms with Gasteiger partial charge in [0.25, 0.3) is 11.8 Å². The first kappa shape index (κ1) is 21.1. The number of amides is 2. The number of halogens is 1. The molecule has 1 aliphatic carbocycles. The van der Waals surface area contributed by atoms with Gasteiger partial charge in [-0.25, -0.2) is 5.43 Å². The third-order valence-corrected chi connectivity index (χ3v) is 5.93. The van der Waals surface area contributed by atoms with Crippen LogP contribution in [0.4, 0.5) is 0 Å². The SMILES string of the molecule is Cc1c(C(=O)NCc2ccccc2)oc2c1/C(=N/NC(=O)c1ccccc1Br)CCC2. The van der Waals surface area contributed by atoms with E-state index in [1.807, 2.05) is 43.3 Å². The lowest BCUT2D eigenvalue weighted by Crippen LogP contribution is -2.23. The van der Waals surface area contributed by atoms with Gasteiger partial charge in [-0.3, -0.25) is 9.59 Å². The standard InChI is InChI=1S/C24H22BrN3O3/c1-15-21-19(27-28-23(29)17-10-5-6-11-18(17)25)12-7-13-20(21)31-22(15)24(30)26-14-16-8-3-2-4-9-16/h2-6,8-11H,7,12-14H2,1H3,(H,26,30)(H,28,29)/b27-19+. The fourth-order valence-corrected chi connectivity index (χ4v) is 4.14. The van der Waals surface area contributed by atoms with E-state index in [1.165, 1.54) is 0 Å². The van der Waals surface area contributed by atoms with Gasteiger partial charge < -0.3 is 9.73 Å². The largest absolute Gasteiger partial charge is 0.455 e. The number of carbonyl (C=O) groups is 2. The van der Waals surface area contributed by atoms with Gasteiger partial charge in [0.15, 0.2) is 5.76 Å². The van der Waals surface area contributed by atoms with Crippen LogP contribution in [0.2, 0.25) is 0 Å². The maximum absolute atomic E-state index is 12.7. The Balaban J connectivity index is 1.52. The fraction of sp³-hybridized carbons (Fsp3) is 0.208. The Kier molecular flexibility index (Phi) is 6.32. The van der Waals surface area contributed by atoms with Gasteiger partial charge in [-0.1, -0.05) is 42.5 Å². The minimum Gasteiger partial charge on any atom is -0.455 e. The van der Waals surface area contributed by atoms with Crippen LogP contribution in [-0.4, -0.2) is 17.5 Å². The van der Waals surface area contributed by atoms with Crippen molar-refractivity contribution in [3.8, 4) is 0 Å². The normalized spacial score (nSPS) is 14.2. The maximum Gasteiger partial charge on any atom is 0.287 e. The molecular formula is C24H22BrN3O3. The lowest BCUT2D eigenvalue weighted by atomic mass is 9.93. The predicted octanol–water partition coefficient (Wildman–Crippen LogP) is 4.75. The van der Waals surface area contributed by atoms with Crippen LogP contribution in [0.25, 0.3) is 0 Å². The molecule has 0 saturated carbocycles. The molecule has 2 aromatic carbocycles. The molecule has 1 aliphatic rings. The van der Waals surface area contributed by atoms with Gasteiger partial charge in [-0.15, -0.1) is 0 Å². The second-order valence-corrected chi connectivity index (χ2v) is 8.21. The van der Waals surface area contributed by atoms with Gasteiger partial charge in [0.05, 0.1) is 11.3 Å². The molecule has 158 valence electrons. The Labute approximate surface area is 188 Å². The number of fused-ring (bicyclic) bond motifs is 1. The Morgan fingerprint density at radius 2 is 1.77 bits per heavy atom. The number of nitrogens with one attached hydrogen (secondary N) is 2. The third kappa shape index (κ3) is 4.61. The topological polar surface area (TPSA) is 83.7 Å². The van der Waals surface area contributed by atoms with E-state index < -0.39 is 0 Å². The average molecular weight is 480 g/mol. The number of hydrazone groups is 1. The highest BCUT2D eigenvalue weighted by Gasteiger charge is 2.28. The molecule has 4 rings (SSSR count). The van der Waals surface area contributed by atoms with Crippen molar-refractivity contribution < 1.29 is 14.0 Å². The summed E-state index contributed by atoms with van der Waals surface area (Å²) in [4.78, 5) is 25.2. The first-order chi connectivity index (χ1) is 15.0. The zero-order valence-electron chi connectivity index (χ0n) is 17.1. The van der Waals surface area contributed by atoms with Crippen LogP contribution in [0, 0.1) is 6.92 Å². The summed E-state index contributed by atoms with van der Waals surface area (Å²) in [5.41, 5.74) is 6.46. The van der Waals surface area contributed by atoms with Gasteiger partial charge in [0.2, 0.25) is 0 Å². The van der Waals surface area contributed by atoms with Crippen molar-refractivity contribution in [2.45, 2.75) is 32.7 Å². The summed E-state index contributed by atoms with van der Waals surface area (Å²) in [6.45, 7) is 2.28. The van der Waals surface area contributed by atoms with Crippen molar-refractivity contribution in [3.63, 3.8) is 0 Å². The smallest absolute Gasteiger partial charge is 0.287 e. The van der Waals surface area contributed by atoms with E-state index in [-0.39, 0.29) is 11.8 Å². The lowest BCUT2D eigenvalue weighted by Gasteiger charge is -2.13. The molecule has 2 N–H and O–H groups in total. The summed E-state index contributed by atoms with van der Waals surface area (Å²) in [5.74, 6) is 0.483. The highest BCUT2D eigenvalue weighted by Crippen LogP contribution is 2.30. The molecular weight excluding hydrogens is 458 g/mol. The first-order valence-corrected chi connectivity index (χ1v) is 10.9. The van der Waals surface area contributed by atoms with Gasteiger partial charge in [0.1, 0.15) is 5.76 Å². The average Bonchev–Trinajstić information content (AvgIpc) is 3.14. The first-order valence-electron chi connectivity index (χ1n) is 10.1. The van der Waals surface area contributed by atoms with E-state index in [0.717, 1.165) is 41.0 Å². The van der Waals surface area contributed by atoms with Gasteiger partial charge in [-0.05, 0) is 53.4 Å². The molecule has 31 heavy (non-hydrogen) atoms. The van der Waals surface area contributed by atoms with Crippen LogP contribution in [0.15, 0.2) is 68.6 Å². The number of aryl methyl sites for hydroxylation is 1. The highest BCUT2D eigenvalue weighted by atomic mass is 79.9. The molecule has 1 heterocycles. The van der Waals surface area contributed by atoms with Crippen LogP contribution >= 0.6 is 15.9 Å². The zero-order chi connectivity index (χ0) is 21.8. The summed E-state index contributed by atoms with van der Waals surface area (Å²) in [5, 5.41) is 7.28. The molecule has 0 spiro atoms. The summed E-state index contributed by atoms with van der Waals surface area (Å²) >= 11 is 3.38. The van der Waals surface area contributed by atoms with Crippen LogP contribution < -0.4 is 10.7 Å². The van der Waals surface area contributed by atoms with Crippen LogP contribution in [0.3, 0.4) is 0 Å². The maximum atomic E-state index is 12.7. The molecule has 7 heteroatoms. The molecule has 1 aromatic heterocycles. The molecule has 0 unspecified atom stereocenters. The minimum atomic E-state index is -0.297. The predicted molar refractivity (Wildman–Crippen MR) is 122 cm³/mol. The Morgan fingerprint density at radius 3 is 2.55 bits per heavy atom. The quantitative estimate of drug-likeness (QED) is 0.517. The summed E-state index contributed by atoms with van der Waals surface area (Å²) < 4.78 is 6.62. The third-order valence-electron chi connectivity index (χ3n) is 5.24. The van der Waals surface area contributed by atoms with Crippen molar-refractivity contribution in [3.05, 3.63) is 92.8 Å². The van der Waals surface area contributed by atoms with Crippen molar-refractivity contribution in [1.82, 2.24) is 10.7 Å². The molecule has 6 nitrogen and oxygen atoms in total. The number of furan rings is 1. The number of hydrogen-bond donors (Lipinski definition) is 2. The number of hydrogen-bond acceptors (Lipinski definition) is 4. The minimum absolute atomic E-state index is 0.257. The van der Waals surface area contributed by atoms with Crippen LogP contribution in [-0.2, 0) is 13.0 Å². The Morgan fingerprint density at radius 1 is 1.03 bits per heavy atom. The Hall–Kier alpha value is -3.19. The monoisotopic (exact) mass is 479 g/mol. The molecule has 3 aromatic rings. The summed E-state index contributed by atoms with van der Waals surface area (Å²) in [6, 6.07) is 16.9. The molecule has 0 fully saturated rings. The van der Waals surface area contributed by atoms with Crippen LogP contribution in [0.5, 0.6) is 0 Å². The van der Waals surface area contributed by atoms with E-state index >= 15 is 0 Å². The van der Waals surface area contributed by atoms with E-state index in [4.69, 9.17) is 4.42 Å². The zero-order valence-corrected chi connectivity index (χ0v) is 18.7. The van der Waals surface area contributed by atoms with Crippen molar-refractivity contribution in [1.29, 1.82) is 0 Å². The van der Waals surface area contributed by atoms with E-state index in [1.54, 1.807) is 18.2 Å². The van der Waals surface area contributed by atoms with Gasteiger partial charge >= 0.3 is 0 Å². The summed E-state index contributed by atoms with van der Waals surface area (Å²) in [6.07, 6.45) is 2.28. The number of rotatable bonds is 5. The van der Waals surface area contributed by atoms with E-state index in [0.29, 0.717) is 28.8 Å². The second kappa shape index (κ2) is 9.31. The number of carbonyl (C=O) groups excluding carboxylic acids is 2. The van der Waals surface area contributed by atoms with Gasteiger partial charge in [-0.2, -0.15) is 5.10 Å². The van der Waals surface area contributed by atoms with Crippen molar-refractivity contribution in [2.75, 3.05) is 0 Å². The van der Waals surface area contributed by atoms with Crippen molar-refractivity contribution >= 4 is 33.5 Å². The molecule has 0 bridgehead atoms. The lowest BCUT2D eigenvalue weighted by molar-refractivity contribution is 0.0919. The number of nitrogens with zero attached hydrogens (tertiary/aromatic N) is 1. The van der Waals surface area contributed by atoms with Crippen LogP contribution in [0.1, 0.15) is 56.2 Å². The summed E-state index contributed by atoms with van der Waals surface area (Å²) in [7, 11) is 0. The molecule has 0 radical (unpaired) electrons. The fourth-order valence-electron chi connectivity index (χ4n) is 3.68. The number of benzene rings is 2. The van der Waals surface area contributed by atoms with Gasteiger partial charge in [0, 0.05) is 28.6 Å². The Bertz CT molecular complexity index is 1150. The molecule has 2 amide bonds. The van der Waals surface area contributed by atoms with Crippen molar-refractivity contribution in [2.24, 2.45) is 5.10 Å². The highest BCUT2D eigenvalue weighted by molar-refractivity contribution is 9.10. The molecule has 0 atom stereocenters. The molecule has 0 saturated heterocycles. The molecule has 0 aliphatic heterocycles.